The van der Waals surface area contributed by atoms with E-state index in [2.05, 4.69) is 6.07 Å². The van der Waals surface area contributed by atoms with Gasteiger partial charge >= 0.3 is 0 Å². The van der Waals surface area contributed by atoms with Crippen LogP contribution in [0.3, 0.4) is 0 Å². The molecule has 2 aromatic heterocycles. The Morgan fingerprint density at radius 2 is 2.10 bits per heavy atom. The van der Waals surface area contributed by atoms with Crippen molar-refractivity contribution >= 4 is 23.0 Å². The van der Waals surface area contributed by atoms with Crippen molar-refractivity contribution < 1.29 is 0 Å². The molecule has 0 atom stereocenters. The van der Waals surface area contributed by atoms with Crippen LogP contribution in [0.2, 0.25) is 0 Å². The van der Waals surface area contributed by atoms with E-state index in [9.17, 15) is 5.26 Å². The lowest BCUT2D eigenvalue weighted by Gasteiger charge is -2.01. The third kappa shape index (κ3) is 2.36. The molecule has 0 aliphatic heterocycles. The van der Waals surface area contributed by atoms with Crippen molar-refractivity contribution in [3.63, 3.8) is 0 Å². The Bertz CT molecular complexity index is 799. The minimum absolute atomic E-state index is 0.752. The van der Waals surface area contributed by atoms with Crippen molar-refractivity contribution in [1.29, 1.82) is 5.26 Å². The minimum Gasteiger partial charge on any atom is -0.399 e. The van der Waals surface area contributed by atoms with Gasteiger partial charge in [0.1, 0.15) is 6.07 Å². The lowest BCUT2D eigenvalue weighted by Crippen LogP contribution is -1.85. The fraction of sp³-hybridized carbons (Fsp3) is 0.0625. The highest BCUT2D eigenvalue weighted by Gasteiger charge is 2.10. The molecule has 0 radical (unpaired) electrons. The molecule has 1 aromatic carbocycles. The molecule has 0 bridgehead atoms. The van der Waals surface area contributed by atoms with Crippen LogP contribution >= 0.6 is 11.8 Å². The average Bonchev–Trinajstić information content (AvgIpc) is 2.82. The van der Waals surface area contributed by atoms with Gasteiger partial charge in [-0.05, 0) is 35.9 Å². The number of nitriles is 1. The molecule has 0 spiro atoms. The Kier molecular flexibility index (Phi) is 3.36. The number of hydrogen-bond donors (Lipinski definition) is 1. The number of benzene rings is 1. The van der Waals surface area contributed by atoms with Gasteiger partial charge in [0.25, 0.3) is 0 Å². The van der Waals surface area contributed by atoms with Crippen molar-refractivity contribution in [2.24, 2.45) is 0 Å². The number of thioether (sulfide) groups is 1. The van der Waals surface area contributed by atoms with Crippen molar-refractivity contribution in [2.45, 2.75) is 10.6 Å². The first-order valence-electron chi connectivity index (χ1n) is 6.25. The topological polar surface area (TPSA) is 54.2 Å². The van der Waals surface area contributed by atoms with E-state index in [0.717, 1.165) is 33.0 Å². The van der Waals surface area contributed by atoms with Gasteiger partial charge in [-0.25, -0.2) is 0 Å². The Labute approximate surface area is 121 Å². The molecule has 0 fully saturated rings. The van der Waals surface area contributed by atoms with Gasteiger partial charge in [0.15, 0.2) is 0 Å². The zero-order valence-electron chi connectivity index (χ0n) is 10.8. The van der Waals surface area contributed by atoms with Crippen LogP contribution in [-0.4, -0.2) is 4.40 Å². The van der Waals surface area contributed by atoms with E-state index in [0.29, 0.717) is 0 Å². The second-order valence-corrected chi connectivity index (χ2v) is 5.54. The monoisotopic (exact) mass is 279 g/mol. The summed E-state index contributed by atoms with van der Waals surface area (Å²) in [5.41, 5.74) is 9.29. The van der Waals surface area contributed by atoms with E-state index >= 15 is 0 Å². The van der Waals surface area contributed by atoms with E-state index in [1.165, 1.54) is 0 Å². The molecule has 98 valence electrons. The molecule has 0 aliphatic rings. The highest BCUT2D eigenvalue weighted by Crippen LogP contribution is 2.27. The maximum absolute atomic E-state index is 9.35. The van der Waals surface area contributed by atoms with E-state index in [-0.39, 0.29) is 0 Å². The molecule has 2 heterocycles. The summed E-state index contributed by atoms with van der Waals surface area (Å²) in [7, 11) is 0. The first-order valence-corrected chi connectivity index (χ1v) is 7.23. The van der Waals surface area contributed by atoms with Crippen LogP contribution in [0.15, 0.2) is 59.8 Å². The molecule has 0 saturated carbocycles. The second-order valence-electron chi connectivity index (χ2n) is 4.50. The summed E-state index contributed by atoms with van der Waals surface area (Å²) in [6.07, 6.45) is 3.98. The van der Waals surface area contributed by atoms with E-state index in [4.69, 9.17) is 5.73 Å². The predicted molar refractivity (Wildman–Crippen MR) is 82.5 cm³/mol. The number of nitrogens with two attached hydrogens (primary N) is 1. The normalized spacial score (nSPS) is 10.6. The maximum atomic E-state index is 9.35. The summed E-state index contributed by atoms with van der Waals surface area (Å²) < 4.78 is 1.99. The van der Waals surface area contributed by atoms with Gasteiger partial charge in [0, 0.05) is 28.7 Å². The maximum Gasteiger partial charge on any atom is 0.102 e. The van der Waals surface area contributed by atoms with Crippen LogP contribution in [0.4, 0.5) is 5.69 Å². The Morgan fingerprint density at radius 3 is 2.90 bits per heavy atom. The zero-order valence-corrected chi connectivity index (χ0v) is 11.6. The smallest absolute Gasteiger partial charge is 0.102 e. The number of aromatic nitrogens is 1. The average molecular weight is 279 g/mol. The van der Waals surface area contributed by atoms with Gasteiger partial charge < -0.3 is 10.1 Å². The van der Waals surface area contributed by atoms with Crippen LogP contribution < -0.4 is 5.73 Å². The first kappa shape index (κ1) is 12.6. The minimum atomic E-state index is 0.752. The summed E-state index contributed by atoms with van der Waals surface area (Å²) in [4.78, 5) is 1.11. The second kappa shape index (κ2) is 5.32. The quantitative estimate of drug-likeness (QED) is 0.587. The molecule has 0 amide bonds. The Hall–Kier alpha value is -2.38. The molecule has 3 nitrogen and oxygen atoms in total. The summed E-state index contributed by atoms with van der Waals surface area (Å²) in [6.45, 7) is 0. The van der Waals surface area contributed by atoms with Crippen molar-refractivity contribution in [2.75, 3.05) is 5.73 Å². The zero-order chi connectivity index (χ0) is 13.9. The largest absolute Gasteiger partial charge is 0.399 e. The predicted octanol–water partition coefficient (Wildman–Crippen LogP) is 3.69. The van der Waals surface area contributed by atoms with Gasteiger partial charge in [-0.15, -0.1) is 11.8 Å². The number of nitrogen functional groups attached to an aromatic ring is 1. The fourth-order valence-corrected chi connectivity index (χ4v) is 3.12. The highest BCUT2D eigenvalue weighted by molar-refractivity contribution is 7.98. The van der Waals surface area contributed by atoms with E-state index < -0.39 is 0 Å². The number of rotatable bonds is 3. The standard InChI is InChI=1S/C16H13N3S/c17-9-15-12(10-19-7-2-1-6-16(15)19)11-20-14-5-3-4-13(18)8-14/h1-8,10H,11,18H2. The molecule has 2 N–H and O–H groups in total. The number of anilines is 1. The van der Waals surface area contributed by atoms with Gasteiger partial charge in [-0.1, -0.05) is 12.1 Å². The van der Waals surface area contributed by atoms with Crippen molar-refractivity contribution in [3.8, 4) is 6.07 Å². The number of fused-ring (bicyclic) bond motifs is 1. The van der Waals surface area contributed by atoms with Crippen LogP contribution in [0.1, 0.15) is 11.1 Å². The van der Waals surface area contributed by atoms with Gasteiger partial charge in [-0.2, -0.15) is 5.26 Å². The lowest BCUT2D eigenvalue weighted by molar-refractivity contribution is 1.18. The summed E-state index contributed by atoms with van der Waals surface area (Å²) in [6, 6.07) is 16.0. The third-order valence-corrected chi connectivity index (χ3v) is 4.17. The third-order valence-electron chi connectivity index (χ3n) is 3.13. The van der Waals surface area contributed by atoms with Gasteiger partial charge in [-0.3, -0.25) is 0 Å². The number of nitrogens with zero attached hydrogens (tertiary/aromatic N) is 2. The summed E-state index contributed by atoms with van der Waals surface area (Å²) >= 11 is 1.69. The highest BCUT2D eigenvalue weighted by atomic mass is 32.2. The van der Waals surface area contributed by atoms with Crippen molar-refractivity contribution in [3.05, 3.63) is 66.0 Å². The number of pyridine rings is 1. The molecule has 0 aliphatic carbocycles. The van der Waals surface area contributed by atoms with Gasteiger partial charge in [0.2, 0.25) is 0 Å². The summed E-state index contributed by atoms with van der Waals surface area (Å²) in [5, 5.41) is 9.35. The molecule has 0 saturated heterocycles. The Morgan fingerprint density at radius 1 is 1.20 bits per heavy atom. The van der Waals surface area contributed by atoms with Crippen LogP contribution in [0.5, 0.6) is 0 Å². The molecule has 4 heteroatoms. The molecular formula is C16H13N3S. The first-order chi connectivity index (χ1) is 9.78. The number of hydrogen-bond acceptors (Lipinski definition) is 3. The molecular weight excluding hydrogens is 266 g/mol. The molecule has 20 heavy (non-hydrogen) atoms. The van der Waals surface area contributed by atoms with E-state index in [1.807, 2.05) is 59.3 Å². The summed E-state index contributed by atoms with van der Waals surface area (Å²) in [5.74, 6) is 0.758. The van der Waals surface area contributed by atoms with Crippen LogP contribution in [-0.2, 0) is 5.75 Å². The fourth-order valence-electron chi connectivity index (χ4n) is 2.18. The van der Waals surface area contributed by atoms with Crippen LogP contribution in [0, 0.1) is 11.3 Å². The molecule has 0 unspecified atom stereocenters. The van der Waals surface area contributed by atoms with Crippen molar-refractivity contribution in [1.82, 2.24) is 4.40 Å². The van der Waals surface area contributed by atoms with Crippen LogP contribution in [0.25, 0.3) is 5.52 Å². The van der Waals surface area contributed by atoms with Gasteiger partial charge in [0.05, 0.1) is 11.1 Å². The van der Waals surface area contributed by atoms with E-state index in [1.54, 1.807) is 11.8 Å². The molecule has 3 aromatic rings. The Balaban J connectivity index is 1.90. The molecule has 3 rings (SSSR count). The SMILES string of the molecule is N#Cc1c(CSc2cccc(N)c2)cn2ccccc12. The lowest BCUT2D eigenvalue weighted by atomic mass is 10.2.